The molecule has 116 valence electrons. The first kappa shape index (κ1) is 15.6. The van der Waals surface area contributed by atoms with Crippen LogP contribution in [-0.2, 0) is 4.74 Å². The Bertz CT molecular complexity index is 642. The zero-order valence-electron chi connectivity index (χ0n) is 12.6. The second kappa shape index (κ2) is 6.30. The van der Waals surface area contributed by atoms with E-state index in [-0.39, 0.29) is 5.91 Å². The molecule has 0 radical (unpaired) electrons. The van der Waals surface area contributed by atoms with E-state index in [1.807, 2.05) is 0 Å². The second-order valence-electron chi connectivity index (χ2n) is 5.65. The number of nitrogens with one attached hydrogen (secondary N) is 3. The molecule has 1 aromatic heterocycles. The van der Waals surface area contributed by atoms with Gasteiger partial charge in [0.05, 0.1) is 11.8 Å². The van der Waals surface area contributed by atoms with Crippen LogP contribution in [0.15, 0.2) is 36.7 Å². The van der Waals surface area contributed by atoms with Gasteiger partial charge in [0.1, 0.15) is 5.60 Å². The standard InChI is InChI=1S/C15H18N4O3/c1-15(2,3)22-14(21)19-12-6-4-11(5-7-12)18-13(20)10-8-16-17-9-10/h4-9H,1-3H3,(H,16,17)(H,18,20)(H,19,21). The van der Waals surface area contributed by atoms with Gasteiger partial charge < -0.3 is 10.1 Å². The third kappa shape index (κ3) is 4.62. The van der Waals surface area contributed by atoms with E-state index in [9.17, 15) is 9.59 Å². The number of ether oxygens (including phenoxy) is 1. The van der Waals surface area contributed by atoms with Crippen LogP contribution in [0.1, 0.15) is 31.1 Å². The number of hydrogen-bond acceptors (Lipinski definition) is 4. The number of carbonyl (C=O) groups excluding carboxylic acids is 2. The van der Waals surface area contributed by atoms with E-state index in [4.69, 9.17) is 4.74 Å². The average Bonchev–Trinajstić information content (AvgIpc) is 2.92. The lowest BCUT2D eigenvalue weighted by molar-refractivity contribution is 0.0635. The highest BCUT2D eigenvalue weighted by molar-refractivity contribution is 6.04. The third-order valence-electron chi connectivity index (χ3n) is 2.55. The number of carbonyl (C=O) groups is 2. The van der Waals surface area contributed by atoms with Gasteiger partial charge in [0.2, 0.25) is 0 Å². The van der Waals surface area contributed by atoms with Gasteiger partial charge in [-0.2, -0.15) is 5.10 Å². The Kier molecular flexibility index (Phi) is 4.45. The summed E-state index contributed by atoms with van der Waals surface area (Å²) < 4.78 is 5.16. The summed E-state index contributed by atoms with van der Waals surface area (Å²) in [4.78, 5) is 23.5. The van der Waals surface area contributed by atoms with Crippen LogP contribution in [0.3, 0.4) is 0 Å². The fraction of sp³-hybridized carbons (Fsp3) is 0.267. The summed E-state index contributed by atoms with van der Waals surface area (Å²) in [5.41, 5.74) is 1.08. The van der Waals surface area contributed by atoms with Gasteiger partial charge in [0.15, 0.2) is 0 Å². The summed E-state index contributed by atoms with van der Waals surface area (Å²) in [6, 6.07) is 6.72. The van der Waals surface area contributed by atoms with Gasteiger partial charge >= 0.3 is 6.09 Å². The Morgan fingerprint density at radius 2 is 1.68 bits per heavy atom. The average molecular weight is 302 g/mol. The number of hydrogen-bond donors (Lipinski definition) is 3. The molecule has 3 N–H and O–H groups in total. The van der Waals surface area contributed by atoms with Crippen LogP contribution >= 0.6 is 0 Å². The van der Waals surface area contributed by atoms with Crippen molar-refractivity contribution in [3.8, 4) is 0 Å². The van der Waals surface area contributed by atoms with Crippen LogP contribution in [-0.4, -0.2) is 27.8 Å². The molecule has 0 atom stereocenters. The maximum absolute atomic E-state index is 11.8. The summed E-state index contributed by atoms with van der Waals surface area (Å²) in [6.45, 7) is 5.38. The highest BCUT2D eigenvalue weighted by Crippen LogP contribution is 2.16. The summed E-state index contributed by atoms with van der Waals surface area (Å²) in [5, 5.41) is 11.6. The molecular formula is C15H18N4O3. The molecule has 7 heteroatoms. The van der Waals surface area contributed by atoms with Crippen molar-refractivity contribution in [3.05, 3.63) is 42.2 Å². The molecule has 1 aromatic carbocycles. The quantitative estimate of drug-likeness (QED) is 0.812. The minimum absolute atomic E-state index is 0.262. The lowest BCUT2D eigenvalue weighted by Gasteiger charge is -2.19. The van der Waals surface area contributed by atoms with Gasteiger partial charge in [0, 0.05) is 17.6 Å². The van der Waals surface area contributed by atoms with Crippen molar-refractivity contribution in [2.75, 3.05) is 10.6 Å². The molecule has 0 spiro atoms. The molecule has 0 unspecified atom stereocenters. The van der Waals surface area contributed by atoms with E-state index >= 15 is 0 Å². The molecule has 0 bridgehead atoms. The van der Waals surface area contributed by atoms with Crippen molar-refractivity contribution in [2.24, 2.45) is 0 Å². The largest absolute Gasteiger partial charge is 0.444 e. The van der Waals surface area contributed by atoms with Gasteiger partial charge in [0.25, 0.3) is 5.91 Å². The van der Waals surface area contributed by atoms with Gasteiger partial charge in [-0.25, -0.2) is 4.79 Å². The van der Waals surface area contributed by atoms with Crippen molar-refractivity contribution < 1.29 is 14.3 Å². The molecule has 2 rings (SSSR count). The summed E-state index contributed by atoms with van der Waals surface area (Å²) in [7, 11) is 0. The Morgan fingerprint density at radius 3 is 2.18 bits per heavy atom. The van der Waals surface area contributed by atoms with Gasteiger partial charge in [-0.05, 0) is 45.0 Å². The first-order valence-electron chi connectivity index (χ1n) is 6.74. The van der Waals surface area contributed by atoms with Crippen LogP contribution in [0.4, 0.5) is 16.2 Å². The molecule has 2 amide bonds. The molecule has 0 fully saturated rings. The molecule has 0 aliphatic rings. The SMILES string of the molecule is CC(C)(C)OC(=O)Nc1ccc(NC(=O)c2cn[nH]c2)cc1. The maximum Gasteiger partial charge on any atom is 0.412 e. The highest BCUT2D eigenvalue weighted by atomic mass is 16.6. The fourth-order valence-electron chi connectivity index (χ4n) is 1.64. The van der Waals surface area contributed by atoms with Gasteiger partial charge in [-0.3, -0.25) is 15.2 Å². The molecule has 7 nitrogen and oxygen atoms in total. The van der Waals surface area contributed by atoms with Crippen LogP contribution in [0.5, 0.6) is 0 Å². The van der Waals surface area contributed by atoms with Crippen molar-refractivity contribution in [1.82, 2.24) is 10.2 Å². The molecule has 0 aliphatic heterocycles. The minimum Gasteiger partial charge on any atom is -0.444 e. The van der Waals surface area contributed by atoms with E-state index in [0.717, 1.165) is 0 Å². The fourth-order valence-corrected chi connectivity index (χ4v) is 1.64. The maximum atomic E-state index is 11.8. The molecule has 0 aliphatic carbocycles. The number of amides is 2. The number of anilines is 2. The first-order valence-corrected chi connectivity index (χ1v) is 6.74. The number of nitrogens with zero attached hydrogens (tertiary/aromatic N) is 1. The van der Waals surface area contributed by atoms with Crippen LogP contribution in [0, 0.1) is 0 Å². The lowest BCUT2D eigenvalue weighted by Crippen LogP contribution is -2.27. The van der Waals surface area contributed by atoms with Crippen molar-refractivity contribution in [2.45, 2.75) is 26.4 Å². The molecule has 1 heterocycles. The van der Waals surface area contributed by atoms with Gasteiger partial charge in [-0.15, -0.1) is 0 Å². The minimum atomic E-state index is -0.553. The number of H-pyrrole nitrogens is 1. The molecular weight excluding hydrogens is 284 g/mol. The zero-order valence-corrected chi connectivity index (χ0v) is 12.6. The second-order valence-corrected chi connectivity index (χ2v) is 5.65. The lowest BCUT2D eigenvalue weighted by atomic mass is 10.2. The molecule has 2 aromatic rings. The normalized spacial score (nSPS) is 10.9. The Balaban J connectivity index is 1.93. The van der Waals surface area contributed by atoms with E-state index < -0.39 is 11.7 Å². The predicted octanol–water partition coefficient (Wildman–Crippen LogP) is 3.01. The first-order chi connectivity index (χ1) is 10.3. The monoisotopic (exact) mass is 302 g/mol. The van der Waals surface area contributed by atoms with Gasteiger partial charge in [-0.1, -0.05) is 0 Å². The number of rotatable bonds is 3. The van der Waals surface area contributed by atoms with Crippen molar-refractivity contribution in [3.63, 3.8) is 0 Å². The van der Waals surface area contributed by atoms with E-state index in [1.54, 1.807) is 45.0 Å². The predicted molar refractivity (Wildman–Crippen MR) is 82.8 cm³/mol. The Morgan fingerprint density at radius 1 is 1.09 bits per heavy atom. The Hall–Kier alpha value is -2.83. The molecule has 0 saturated heterocycles. The Labute approximate surface area is 128 Å². The van der Waals surface area contributed by atoms with E-state index in [0.29, 0.717) is 16.9 Å². The summed E-state index contributed by atoms with van der Waals surface area (Å²) >= 11 is 0. The van der Waals surface area contributed by atoms with Crippen molar-refractivity contribution in [1.29, 1.82) is 0 Å². The van der Waals surface area contributed by atoms with Crippen molar-refractivity contribution >= 4 is 23.4 Å². The molecule has 22 heavy (non-hydrogen) atoms. The number of benzene rings is 1. The van der Waals surface area contributed by atoms with E-state index in [1.165, 1.54) is 12.4 Å². The van der Waals surface area contributed by atoms with E-state index in [2.05, 4.69) is 20.8 Å². The van der Waals surface area contributed by atoms with Crippen LogP contribution in [0.2, 0.25) is 0 Å². The number of aromatic nitrogens is 2. The van der Waals surface area contributed by atoms with Crippen LogP contribution in [0.25, 0.3) is 0 Å². The smallest absolute Gasteiger partial charge is 0.412 e. The summed E-state index contributed by atoms with van der Waals surface area (Å²) in [6.07, 6.45) is 2.42. The topological polar surface area (TPSA) is 96.1 Å². The molecule has 0 saturated carbocycles. The van der Waals surface area contributed by atoms with Crippen LogP contribution < -0.4 is 10.6 Å². The third-order valence-corrected chi connectivity index (χ3v) is 2.55. The number of aromatic amines is 1. The highest BCUT2D eigenvalue weighted by Gasteiger charge is 2.16. The summed E-state index contributed by atoms with van der Waals surface area (Å²) in [5.74, 6) is -0.262. The zero-order chi connectivity index (χ0) is 16.2.